The lowest BCUT2D eigenvalue weighted by Gasteiger charge is -2.45. The minimum atomic E-state index is -0.908. The monoisotopic (exact) mass is 417 g/mol. The Morgan fingerprint density at radius 1 is 1.34 bits per heavy atom. The lowest BCUT2D eigenvalue weighted by atomic mass is 9.86. The number of hydrogen-bond acceptors (Lipinski definition) is 4. The van der Waals surface area contributed by atoms with Crippen LogP contribution in [0.25, 0.3) is 10.2 Å². The zero-order valence-electron chi connectivity index (χ0n) is 17.6. The van der Waals surface area contributed by atoms with Gasteiger partial charge in [-0.15, -0.1) is 11.3 Å². The van der Waals surface area contributed by atoms with Gasteiger partial charge in [0, 0.05) is 26.3 Å². The molecule has 4 rings (SSSR count). The topological polar surface area (TPSA) is 63.6 Å². The van der Waals surface area contributed by atoms with Crippen LogP contribution in [0.4, 0.5) is 0 Å². The molecule has 3 heterocycles. The molecule has 1 saturated carbocycles. The van der Waals surface area contributed by atoms with E-state index in [4.69, 9.17) is 4.74 Å². The number of carbonyl (C=O) groups is 2. The summed E-state index contributed by atoms with van der Waals surface area (Å²) in [6.07, 6.45) is 5.04. The zero-order chi connectivity index (χ0) is 20.6. The molecule has 2 aromatic rings. The van der Waals surface area contributed by atoms with Crippen LogP contribution in [0.1, 0.15) is 56.4 Å². The Bertz CT molecular complexity index is 896. The predicted molar refractivity (Wildman–Crippen MR) is 115 cm³/mol. The number of hydrogen-bond donors (Lipinski definition) is 1. The second-order valence-electron chi connectivity index (χ2n) is 8.79. The van der Waals surface area contributed by atoms with Crippen molar-refractivity contribution in [2.24, 2.45) is 5.92 Å². The van der Waals surface area contributed by atoms with Crippen LogP contribution in [0.3, 0.4) is 0 Å². The van der Waals surface area contributed by atoms with Crippen LogP contribution in [-0.4, -0.2) is 53.1 Å². The Hall–Kier alpha value is -1.86. The fraction of sp³-hybridized carbons (Fsp3) is 0.636. The summed E-state index contributed by atoms with van der Waals surface area (Å²) < 4.78 is 8.32. The maximum absolute atomic E-state index is 13.5. The van der Waals surface area contributed by atoms with Gasteiger partial charge in [0.15, 0.2) is 0 Å². The van der Waals surface area contributed by atoms with Crippen molar-refractivity contribution in [2.75, 3.05) is 20.3 Å². The molecule has 6 nitrogen and oxygen atoms in total. The van der Waals surface area contributed by atoms with Crippen LogP contribution in [-0.2, 0) is 16.1 Å². The van der Waals surface area contributed by atoms with E-state index >= 15 is 0 Å². The van der Waals surface area contributed by atoms with Crippen molar-refractivity contribution < 1.29 is 14.3 Å². The van der Waals surface area contributed by atoms with Gasteiger partial charge in [0.25, 0.3) is 5.91 Å². The minimum absolute atomic E-state index is 0.0365. The number of aromatic nitrogens is 1. The third-order valence-electron chi connectivity index (χ3n) is 6.62. The number of nitrogens with one attached hydrogen (secondary N) is 1. The van der Waals surface area contributed by atoms with E-state index in [2.05, 4.69) is 12.2 Å². The maximum atomic E-state index is 13.5. The Kier molecular flexibility index (Phi) is 5.71. The molecule has 1 unspecified atom stereocenters. The quantitative estimate of drug-likeness (QED) is 0.730. The van der Waals surface area contributed by atoms with E-state index in [0.29, 0.717) is 31.8 Å². The first-order valence-corrected chi connectivity index (χ1v) is 11.5. The molecule has 0 saturated heterocycles. The molecular formula is C22H31N3O3S. The Morgan fingerprint density at radius 3 is 2.83 bits per heavy atom. The molecule has 0 spiro atoms. The van der Waals surface area contributed by atoms with E-state index in [9.17, 15) is 9.59 Å². The summed E-state index contributed by atoms with van der Waals surface area (Å²) >= 11 is 1.63. The first-order chi connectivity index (χ1) is 13.9. The molecule has 7 heteroatoms. The van der Waals surface area contributed by atoms with E-state index in [1.807, 2.05) is 29.0 Å². The Morgan fingerprint density at radius 2 is 2.10 bits per heavy atom. The second-order valence-corrected chi connectivity index (χ2v) is 9.74. The molecule has 0 radical (unpaired) electrons. The third-order valence-corrected chi connectivity index (χ3v) is 7.47. The van der Waals surface area contributed by atoms with Gasteiger partial charge in [0.1, 0.15) is 11.2 Å². The van der Waals surface area contributed by atoms with E-state index in [0.717, 1.165) is 41.8 Å². The average Bonchev–Trinajstić information content (AvgIpc) is 3.29. The number of carbonyl (C=O) groups excluding carboxylic acids is 2. The van der Waals surface area contributed by atoms with E-state index in [1.54, 1.807) is 23.3 Å². The van der Waals surface area contributed by atoms with Gasteiger partial charge in [0.2, 0.25) is 5.91 Å². The first-order valence-electron chi connectivity index (χ1n) is 10.6. The molecule has 1 fully saturated rings. The number of nitrogens with zero attached hydrogens (tertiary/aromatic N) is 2. The average molecular weight is 418 g/mol. The molecule has 0 aromatic carbocycles. The summed E-state index contributed by atoms with van der Waals surface area (Å²) in [7, 11) is 1.66. The van der Waals surface area contributed by atoms with Gasteiger partial charge in [0.05, 0.1) is 16.8 Å². The summed E-state index contributed by atoms with van der Waals surface area (Å²) in [6.45, 7) is 5.75. The van der Waals surface area contributed by atoms with E-state index in [1.165, 1.54) is 0 Å². The summed E-state index contributed by atoms with van der Waals surface area (Å²) in [5, 5.41) is 5.32. The largest absolute Gasteiger partial charge is 0.385 e. The van der Waals surface area contributed by atoms with Gasteiger partial charge in [-0.1, -0.05) is 6.92 Å². The third kappa shape index (κ3) is 3.70. The molecule has 29 heavy (non-hydrogen) atoms. The number of ether oxygens (including phenoxy) is 1. The minimum Gasteiger partial charge on any atom is -0.385 e. The first kappa shape index (κ1) is 20.4. The highest BCUT2D eigenvalue weighted by atomic mass is 32.1. The summed E-state index contributed by atoms with van der Waals surface area (Å²) in [5.41, 5.74) is 0.816. The van der Waals surface area contributed by atoms with Crippen LogP contribution in [0.5, 0.6) is 0 Å². The number of rotatable bonds is 6. The second kappa shape index (κ2) is 8.11. The fourth-order valence-corrected chi connectivity index (χ4v) is 5.56. The van der Waals surface area contributed by atoms with Gasteiger partial charge < -0.3 is 19.5 Å². The molecule has 1 N–H and O–H groups in total. The molecule has 158 valence electrons. The molecule has 1 aliphatic heterocycles. The molecule has 2 aromatic heterocycles. The molecule has 2 aliphatic rings. The van der Waals surface area contributed by atoms with Gasteiger partial charge >= 0.3 is 0 Å². The van der Waals surface area contributed by atoms with E-state index in [-0.39, 0.29) is 17.9 Å². The fourth-order valence-electron chi connectivity index (χ4n) is 4.74. The van der Waals surface area contributed by atoms with Crippen molar-refractivity contribution in [3.05, 3.63) is 23.2 Å². The van der Waals surface area contributed by atoms with Crippen molar-refractivity contribution >= 4 is 33.4 Å². The normalized spacial score (nSPS) is 27.3. The standard InChI is InChI=1S/C22H31N3O3S/c1-15-5-7-16(8-6-15)23-21(27)22(2)14-24-17-9-12-29-19(17)13-18(24)20(26)25(22)10-4-11-28-3/h9,12-13,15-16H,4-8,10-11,14H2,1-3H3,(H,23,27). The van der Waals surface area contributed by atoms with Gasteiger partial charge in [-0.3, -0.25) is 9.59 Å². The maximum Gasteiger partial charge on any atom is 0.271 e. The molecule has 1 aliphatic carbocycles. The van der Waals surface area contributed by atoms with Crippen molar-refractivity contribution in [1.29, 1.82) is 0 Å². The van der Waals surface area contributed by atoms with Crippen molar-refractivity contribution in [1.82, 2.24) is 14.8 Å². The number of thiophene rings is 1. The van der Waals surface area contributed by atoms with E-state index < -0.39 is 5.54 Å². The van der Waals surface area contributed by atoms with Crippen LogP contribution in [0.2, 0.25) is 0 Å². The highest BCUT2D eigenvalue weighted by molar-refractivity contribution is 7.17. The molecule has 0 bridgehead atoms. The highest BCUT2D eigenvalue weighted by Crippen LogP contribution is 2.35. The molecular weight excluding hydrogens is 386 g/mol. The Balaban J connectivity index is 1.62. The highest BCUT2D eigenvalue weighted by Gasteiger charge is 2.48. The van der Waals surface area contributed by atoms with Crippen molar-refractivity contribution in [3.63, 3.8) is 0 Å². The van der Waals surface area contributed by atoms with Gasteiger partial charge in [-0.2, -0.15) is 0 Å². The SMILES string of the molecule is COCCCN1C(=O)c2cc3sccc3n2CC1(C)C(=O)NC1CCC(C)CC1. The van der Waals surface area contributed by atoms with Crippen molar-refractivity contribution in [3.8, 4) is 0 Å². The lowest BCUT2D eigenvalue weighted by Crippen LogP contribution is -2.65. The number of amides is 2. The predicted octanol–water partition coefficient (Wildman–Crippen LogP) is 3.65. The van der Waals surface area contributed by atoms with Crippen LogP contribution in [0.15, 0.2) is 17.5 Å². The summed E-state index contributed by atoms with van der Waals surface area (Å²) in [4.78, 5) is 28.7. The van der Waals surface area contributed by atoms with Gasteiger partial charge in [-0.25, -0.2) is 0 Å². The van der Waals surface area contributed by atoms with Crippen LogP contribution in [0, 0.1) is 5.92 Å². The van der Waals surface area contributed by atoms with Gasteiger partial charge in [-0.05, 0) is 62.5 Å². The summed E-state index contributed by atoms with van der Waals surface area (Å²) in [6, 6.07) is 4.21. The van der Waals surface area contributed by atoms with Crippen molar-refractivity contribution in [2.45, 2.75) is 64.1 Å². The number of methoxy groups -OCH3 is 1. The smallest absolute Gasteiger partial charge is 0.271 e. The lowest BCUT2D eigenvalue weighted by molar-refractivity contribution is -0.134. The van der Waals surface area contributed by atoms with Crippen LogP contribution < -0.4 is 5.32 Å². The molecule has 1 atom stereocenters. The zero-order valence-corrected chi connectivity index (χ0v) is 18.4. The van der Waals surface area contributed by atoms with Crippen LogP contribution >= 0.6 is 11.3 Å². The summed E-state index contributed by atoms with van der Waals surface area (Å²) in [5.74, 6) is 0.631. The Labute approximate surface area is 176 Å². The number of fused-ring (bicyclic) bond motifs is 3. The molecule has 2 amide bonds.